The van der Waals surface area contributed by atoms with Gasteiger partial charge in [-0.1, -0.05) is 26.8 Å². The van der Waals surface area contributed by atoms with Crippen LogP contribution in [0, 0.1) is 16.7 Å². The Bertz CT molecular complexity index is 264. The van der Waals surface area contributed by atoms with E-state index < -0.39 is 0 Å². The van der Waals surface area contributed by atoms with Gasteiger partial charge in [0.1, 0.15) is 11.6 Å². The Morgan fingerprint density at radius 3 is 2.08 bits per heavy atom. The van der Waals surface area contributed by atoms with Crippen molar-refractivity contribution in [2.45, 2.75) is 20.8 Å². The molecule has 3 heteroatoms. The number of nitrogens with zero attached hydrogens (tertiary/aromatic N) is 2. The fourth-order valence-electron chi connectivity index (χ4n) is 0.816. The zero-order chi connectivity index (χ0) is 10.6. The van der Waals surface area contributed by atoms with Crippen LogP contribution in [-0.2, 0) is 4.79 Å². The van der Waals surface area contributed by atoms with Crippen LogP contribution in [0.2, 0.25) is 0 Å². The first-order valence-electron chi connectivity index (χ1n) is 4.12. The van der Waals surface area contributed by atoms with Crippen LogP contribution in [0.25, 0.3) is 0 Å². The highest BCUT2D eigenvalue weighted by Crippen LogP contribution is 2.17. The molecule has 0 saturated carbocycles. The van der Waals surface area contributed by atoms with Gasteiger partial charge in [-0.3, -0.25) is 4.79 Å². The number of hydrogen-bond acceptors (Lipinski definition) is 2. The maximum atomic E-state index is 11.4. The van der Waals surface area contributed by atoms with E-state index in [2.05, 4.69) is 0 Å². The molecule has 0 fully saturated rings. The van der Waals surface area contributed by atoms with E-state index in [1.165, 1.54) is 4.90 Å². The number of allylic oxidation sites excluding steroid dienone is 1. The molecule has 0 aromatic heterocycles. The molecule has 0 aromatic rings. The number of carbonyl (C=O) groups excluding carboxylic acids is 1. The minimum atomic E-state index is -0.238. The summed E-state index contributed by atoms with van der Waals surface area (Å²) in [6.45, 7) is 5.86. The van der Waals surface area contributed by atoms with E-state index in [4.69, 9.17) is 5.26 Å². The number of amides is 1. The van der Waals surface area contributed by atoms with Crippen LogP contribution in [0.3, 0.4) is 0 Å². The third-order valence-electron chi connectivity index (χ3n) is 1.33. The summed E-state index contributed by atoms with van der Waals surface area (Å²) < 4.78 is 0. The molecule has 13 heavy (non-hydrogen) atoms. The second-order valence-corrected chi connectivity index (χ2v) is 4.24. The molecule has 1 amide bonds. The lowest BCUT2D eigenvalue weighted by molar-refractivity contribution is -0.124. The van der Waals surface area contributed by atoms with Crippen molar-refractivity contribution in [3.05, 3.63) is 11.6 Å². The van der Waals surface area contributed by atoms with E-state index in [1.54, 1.807) is 20.2 Å². The second-order valence-electron chi connectivity index (χ2n) is 4.24. The predicted octanol–water partition coefficient (Wildman–Crippen LogP) is 1.57. The van der Waals surface area contributed by atoms with Crippen molar-refractivity contribution in [1.82, 2.24) is 4.90 Å². The Kier molecular flexibility index (Phi) is 3.68. The molecule has 3 nitrogen and oxygen atoms in total. The molecule has 0 bridgehead atoms. The number of likely N-dealkylation sites (N-methyl/N-ethyl adjacent to an activating group) is 1. The van der Waals surface area contributed by atoms with Gasteiger partial charge >= 0.3 is 0 Å². The quantitative estimate of drug-likeness (QED) is 0.454. The van der Waals surface area contributed by atoms with E-state index in [0.717, 1.165) is 0 Å². The van der Waals surface area contributed by atoms with Gasteiger partial charge in [0, 0.05) is 14.1 Å². The standard InChI is InChI=1S/C10H16N2O/c1-10(2,3)6-8(7-11)9(13)12(4)5/h6H,1-5H3/b8-6-. The van der Waals surface area contributed by atoms with Gasteiger partial charge in [-0.2, -0.15) is 5.26 Å². The van der Waals surface area contributed by atoms with Crippen LogP contribution >= 0.6 is 0 Å². The number of hydrogen-bond donors (Lipinski definition) is 0. The molecule has 0 aliphatic rings. The number of carbonyl (C=O) groups is 1. The molecule has 0 heterocycles. The van der Waals surface area contributed by atoms with Gasteiger partial charge in [-0.15, -0.1) is 0 Å². The lowest BCUT2D eigenvalue weighted by atomic mass is 9.93. The van der Waals surface area contributed by atoms with Gasteiger partial charge in [0.2, 0.25) is 0 Å². The molecular weight excluding hydrogens is 164 g/mol. The van der Waals surface area contributed by atoms with Crippen LogP contribution in [0.4, 0.5) is 0 Å². The Morgan fingerprint density at radius 2 is 1.85 bits per heavy atom. The van der Waals surface area contributed by atoms with Crippen molar-refractivity contribution in [2.24, 2.45) is 5.41 Å². The molecule has 0 saturated heterocycles. The zero-order valence-corrected chi connectivity index (χ0v) is 8.88. The largest absolute Gasteiger partial charge is 0.344 e. The molecule has 72 valence electrons. The Balaban J connectivity index is 4.85. The molecular formula is C10H16N2O. The number of rotatable bonds is 1. The normalized spacial score (nSPS) is 12.2. The van der Waals surface area contributed by atoms with E-state index in [1.807, 2.05) is 26.8 Å². The van der Waals surface area contributed by atoms with Crippen molar-refractivity contribution < 1.29 is 4.79 Å². The van der Waals surface area contributed by atoms with Gasteiger partial charge in [0.25, 0.3) is 5.91 Å². The highest BCUT2D eigenvalue weighted by atomic mass is 16.2. The molecule has 0 unspecified atom stereocenters. The summed E-state index contributed by atoms with van der Waals surface area (Å²) in [5.41, 5.74) is 0.0639. The van der Waals surface area contributed by atoms with Crippen LogP contribution < -0.4 is 0 Å². The zero-order valence-electron chi connectivity index (χ0n) is 8.88. The molecule has 0 N–H and O–H groups in total. The highest BCUT2D eigenvalue weighted by Gasteiger charge is 2.15. The summed E-state index contributed by atoms with van der Waals surface area (Å²) >= 11 is 0. The summed E-state index contributed by atoms with van der Waals surface area (Å²) in [6.07, 6.45) is 1.69. The fraction of sp³-hybridized carbons (Fsp3) is 0.600. The molecule has 0 aliphatic heterocycles. The number of nitriles is 1. The first kappa shape index (κ1) is 11.7. The third kappa shape index (κ3) is 4.32. The van der Waals surface area contributed by atoms with Crippen molar-refractivity contribution >= 4 is 5.91 Å². The lowest BCUT2D eigenvalue weighted by Gasteiger charge is -2.14. The maximum Gasteiger partial charge on any atom is 0.263 e. The maximum absolute atomic E-state index is 11.4. The average molecular weight is 180 g/mol. The van der Waals surface area contributed by atoms with Gasteiger partial charge in [-0.05, 0) is 5.41 Å². The Labute approximate surface area is 79.6 Å². The first-order valence-corrected chi connectivity index (χ1v) is 4.12. The average Bonchev–Trinajstić information content (AvgIpc) is 1.97. The molecule has 0 aliphatic carbocycles. The molecule has 0 atom stereocenters. The fourth-order valence-corrected chi connectivity index (χ4v) is 0.816. The Morgan fingerprint density at radius 1 is 1.38 bits per heavy atom. The molecule has 0 spiro atoms. The second kappa shape index (κ2) is 4.08. The van der Waals surface area contributed by atoms with Gasteiger partial charge in [0.05, 0.1) is 0 Å². The smallest absolute Gasteiger partial charge is 0.263 e. The van der Waals surface area contributed by atoms with Gasteiger partial charge < -0.3 is 4.90 Å². The molecule has 0 radical (unpaired) electrons. The van der Waals surface area contributed by atoms with Crippen molar-refractivity contribution in [3.63, 3.8) is 0 Å². The molecule has 0 aromatic carbocycles. The van der Waals surface area contributed by atoms with E-state index >= 15 is 0 Å². The van der Waals surface area contributed by atoms with Crippen molar-refractivity contribution in [1.29, 1.82) is 5.26 Å². The van der Waals surface area contributed by atoms with Gasteiger partial charge in [-0.25, -0.2) is 0 Å². The molecule has 0 rings (SSSR count). The van der Waals surface area contributed by atoms with E-state index in [0.29, 0.717) is 0 Å². The summed E-state index contributed by atoms with van der Waals surface area (Å²) in [7, 11) is 3.27. The van der Waals surface area contributed by atoms with Crippen LogP contribution in [0.5, 0.6) is 0 Å². The third-order valence-corrected chi connectivity index (χ3v) is 1.33. The Hall–Kier alpha value is -1.30. The van der Waals surface area contributed by atoms with Crippen molar-refractivity contribution in [2.75, 3.05) is 14.1 Å². The topological polar surface area (TPSA) is 44.1 Å². The van der Waals surface area contributed by atoms with E-state index in [-0.39, 0.29) is 16.9 Å². The summed E-state index contributed by atoms with van der Waals surface area (Å²) in [5, 5.41) is 8.74. The summed E-state index contributed by atoms with van der Waals surface area (Å²) in [4.78, 5) is 12.8. The summed E-state index contributed by atoms with van der Waals surface area (Å²) in [6, 6.07) is 1.91. The highest BCUT2D eigenvalue weighted by molar-refractivity contribution is 5.96. The predicted molar refractivity (Wildman–Crippen MR) is 51.8 cm³/mol. The van der Waals surface area contributed by atoms with E-state index in [9.17, 15) is 4.79 Å². The first-order chi connectivity index (χ1) is 5.78. The van der Waals surface area contributed by atoms with Crippen molar-refractivity contribution in [3.8, 4) is 6.07 Å². The van der Waals surface area contributed by atoms with Crippen LogP contribution in [0.1, 0.15) is 20.8 Å². The lowest BCUT2D eigenvalue weighted by Crippen LogP contribution is -2.23. The monoisotopic (exact) mass is 180 g/mol. The summed E-state index contributed by atoms with van der Waals surface area (Å²) in [5.74, 6) is -0.238. The van der Waals surface area contributed by atoms with Crippen LogP contribution in [0.15, 0.2) is 11.6 Å². The minimum Gasteiger partial charge on any atom is -0.344 e. The minimum absolute atomic E-state index is 0.142. The SMILES string of the molecule is CN(C)C(=O)/C(C#N)=C\C(C)(C)C. The van der Waals surface area contributed by atoms with Gasteiger partial charge in [0.15, 0.2) is 0 Å². The van der Waals surface area contributed by atoms with Crippen LogP contribution in [-0.4, -0.2) is 24.9 Å².